The lowest BCUT2D eigenvalue weighted by atomic mass is 9.80. The molecule has 0 bridgehead atoms. The number of rotatable bonds is 8. The Hall–Kier alpha value is -2.34. The minimum atomic E-state index is -0.622. The number of ether oxygens (including phenoxy) is 4. The fourth-order valence-corrected chi connectivity index (χ4v) is 3.72. The van der Waals surface area contributed by atoms with E-state index in [4.69, 9.17) is 18.9 Å². The van der Waals surface area contributed by atoms with Gasteiger partial charge in [0.1, 0.15) is 18.1 Å². The van der Waals surface area contributed by atoms with Crippen LogP contribution in [0.3, 0.4) is 0 Å². The van der Waals surface area contributed by atoms with Gasteiger partial charge < -0.3 is 18.9 Å². The molecular formula is C23H30O6. The molecule has 0 aromatic heterocycles. The Kier molecular flexibility index (Phi) is 7.31. The van der Waals surface area contributed by atoms with Crippen LogP contribution in [-0.4, -0.2) is 36.7 Å². The second kappa shape index (κ2) is 9.92. The van der Waals surface area contributed by atoms with Crippen LogP contribution in [0.5, 0.6) is 5.75 Å². The summed E-state index contributed by atoms with van der Waals surface area (Å²) in [7, 11) is 0. The predicted octanol–water partition coefficient (Wildman–Crippen LogP) is 4.10. The zero-order chi connectivity index (χ0) is 20.8. The van der Waals surface area contributed by atoms with E-state index in [1.807, 2.05) is 38.1 Å². The number of hydrogen-bond acceptors (Lipinski definition) is 6. The maximum atomic E-state index is 12.8. The molecule has 1 aromatic rings. The Morgan fingerprint density at radius 3 is 2.90 bits per heavy atom. The number of aryl methyl sites for hydroxylation is 1. The van der Waals surface area contributed by atoms with Crippen molar-refractivity contribution in [3.8, 4) is 5.75 Å². The number of benzene rings is 1. The molecule has 1 fully saturated rings. The van der Waals surface area contributed by atoms with Crippen molar-refractivity contribution in [2.45, 2.75) is 71.2 Å². The minimum absolute atomic E-state index is 0.0340. The first-order chi connectivity index (χ1) is 14.0. The number of hydrogen-bond donors (Lipinski definition) is 0. The highest BCUT2D eigenvalue weighted by molar-refractivity contribution is 5.96. The van der Waals surface area contributed by atoms with E-state index in [9.17, 15) is 9.59 Å². The monoisotopic (exact) mass is 402 g/mol. The highest BCUT2D eigenvalue weighted by Gasteiger charge is 2.42. The summed E-state index contributed by atoms with van der Waals surface area (Å²) in [5.41, 5.74) is 1.06. The maximum absolute atomic E-state index is 12.8. The van der Waals surface area contributed by atoms with Gasteiger partial charge in [0.15, 0.2) is 6.10 Å². The van der Waals surface area contributed by atoms with Gasteiger partial charge in [0.2, 0.25) is 11.5 Å². The van der Waals surface area contributed by atoms with Gasteiger partial charge in [0.25, 0.3) is 0 Å². The number of carbonyl (C=O) groups excluding carboxylic acids is 2. The summed E-state index contributed by atoms with van der Waals surface area (Å²) < 4.78 is 22.7. The third-order valence-corrected chi connectivity index (χ3v) is 5.36. The highest BCUT2D eigenvalue weighted by atomic mass is 16.6. The number of carbonyl (C=O) groups is 2. The fraction of sp³-hybridized carbons (Fsp3) is 0.565. The fourth-order valence-electron chi connectivity index (χ4n) is 3.72. The van der Waals surface area contributed by atoms with E-state index < -0.39 is 6.10 Å². The Balaban J connectivity index is 1.53. The molecule has 0 spiro atoms. The van der Waals surface area contributed by atoms with Crippen LogP contribution in [0.4, 0.5) is 0 Å². The number of unbranched alkanes of at least 4 members (excludes halogenated alkanes) is 1. The lowest BCUT2D eigenvalue weighted by Gasteiger charge is -2.37. The van der Waals surface area contributed by atoms with Crippen molar-refractivity contribution in [2.24, 2.45) is 5.92 Å². The van der Waals surface area contributed by atoms with Gasteiger partial charge in [-0.25, -0.2) is 4.79 Å². The van der Waals surface area contributed by atoms with E-state index in [1.54, 1.807) is 6.92 Å². The van der Waals surface area contributed by atoms with Crippen molar-refractivity contribution in [1.29, 1.82) is 0 Å². The highest BCUT2D eigenvalue weighted by Crippen LogP contribution is 2.35. The largest absolute Gasteiger partial charge is 0.493 e. The zero-order valence-electron chi connectivity index (χ0n) is 17.4. The van der Waals surface area contributed by atoms with Crippen molar-refractivity contribution < 1.29 is 28.5 Å². The molecule has 158 valence electrons. The average Bonchev–Trinajstić information content (AvgIpc) is 2.70. The number of allylic oxidation sites excluding steroid dienone is 1. The summed E-state index contributed by atoms with van der Waals surface area (Å²) in [6.07, 6.45) is 4.13. The standard InChI is InChI=1S/C23H30O6/c1-4-5-11-26-23(25)16(3)28-18-9-10-19-20(13-18)27-14-21(22(19)24)29-17-8-6-7-15(2)12-17/h6-8,12,14,16,18-20H,4-5,9-11,13H2,1-3H3. The molecular weight excluding hydrogens is 372 g/mol. The summed E-state index contributed by atoms with van der Waals surface area (Å²) in [6.45, 7) is 6.15. The Morgan fingerprint density at radius 2 is 2.14 bits per heavy atom. The van der Waals surface area contributed by atoms with Gasteiger partial charge in [0.05, 0.1) is 18.6 Å². The second-order valence-electron chi connectivity index (χ2n) is 7.78. The van der Waals surface area contributed by atoms with E-state index in [0.717, 1.165) is 18.4 Å². The van der Waals surface area contributed by atoms with Crippen LogP contribution in [-0.2, 0) is 23.8 Å². The first-order valence-corrected chi connectivity index (χ1v) is 10.4. The van der Waals surface area contributed by atoms with Gasteiger partial charge in [-0.3, -0.25) is 4.79 Å². The van der Waals surface area contributed by atoms with E-state index >= 15 is 0 Å². The summed E-state index contributed by atoms with van der Waals surface area (Å²) in [5, 5.41) is 0. The Labute approximate surface area is 172 Å². The molecule has 4 unspecified atom stereocenters. The van der Waals surface area contributed by atoms with Crippen molar-refractivity contribution in [1.82, 2.24) is 0 Å². The average molecular weight is 402 g/mol. The molecule has 0 N–H and O–H groups in total. The van der Waals surface area contributed by atoms with E-state index in [1.165, 1.54) is 6.26 Å². The molecule has 1 heterocycles. The van der Waals surface area contributed by atoms with Crippen LogP contribution < -0.4 is 4.74 Å². The topological polar surface area (TPSA) is 71.1 Å². The van der Waals surface area contributed by atoms with Crippen LogP contribution in [0.15, 0.2) is 36.3 Å². The van der Waals surface area contributed by atoms with Gasteiger partial charge in [0, 0.05) is 6.42 Å². The van der Waals surface area contributed by atoms with Gasteiger partial charge in [-0.1, -0.05) is 25.5 Å². The van der Waals surface area contributed by atoms with Gasteiger partial charge in [-0.15, -0.1) is 0 Å². The van der Waals surface area contributed by atoms with Gasteiger partial charge in [-0.05, 0) is 50.8 Å². The van der Waals surface area contributed by atoms with Crippen LogP contribution in [0.25, 0.3) is 0 Å². The first kappa shape index (κ1) is 21.4. The Bertz CT molecular complexity index is 755. The SMILES string of the molecule is CCCCOC(=O)C(C)OC1CCC2C(=O)C(Oc3cccc(C)c3)=COC2C1. The Morgan fingerprint density at radius 1 is 1.31 bits per heavy atom. The number of ketones is 1. The first-order valence-electron chi connectivity index (χ1n) is 10.4. The van der Waals surface area contributed by atoms with Crippen molar-refractivity contribution in [2.75, 3.05) is 6.61 Å². The van der Waals surface area contributed by atoms with Crippen LogP contribution in [0, 0.1) is 12.8 Å². The third kappa shape index (κ3) is 5.60. The van der Waals surface area contributed by atoms with Crippen LogP contribution >= 0.6 is 0 Å². The molecule has 6 nitrogen and oxygen atoms in total. The summed E-state index contributed by atoms with van der Waals surface area (Å²) >= 11 is 0. The summed E-state index contributed by atoms with van der Waals surface area (Å²) in [4.78, 5) is 24.9. The van der Waals surface area contributed by atoms with Crippen molar-refractivity contribution in [3.05, 3.63) is 41.9 Å². The molecule has 2 aliphatic rings. The maximum Gasteiger partial charge on any atom is 0.334 e. The number of fused-ring (bicyclic) bond motifs is 1. The van der Waals surface area contributed by atoms with Crippen LogP contribution in [0.1, 0.15) is 51.5 Å². The lowest BCUT2D eigenvalue weighted by Crippen LogP contribution is -2.43. The van der Waals surface area contributed by atoms with E-state index in [0.29, 0.717) is 31.6 Å². The molecule has 6 heteroatoms. The number of Topliss-reactive ketones (excluding diaryl/α,β-unsaturated/α-hetero) is 1. The predicted molar refractivity (Wildman–Crippen MR) is 107 cm³/mol. The van der Waals surface area contributed by atoms with Crippen molar-refractivity contribution in [3.63, 3.8) is 0 Å². The van der Waals surface area contributed by atoms with Crippen LogP contribution in [0.2, 0.25) is 0 Å². The molecule has 3 rings (SSSR count). The third-order valence-electron chi connectivity index (χ3n) is 5.36. The zero-order valence-corrected chi connectivity index (χ0v) is 17.4. The molecule has 1 aliphatic heterocycles. The van der Waals surface area contributed by atoms with E-state index in [2.05, 4.69) is 0 Å². The molecule has 1 saturated carbocycles. The van der Waals surface area contributed by atoms with E-state index in [-0.39, 0.29) is 35.6 Å². The molecule has 0 amide bonds. The minimum Gasteiger partial charge on any atom is -0.493 e. The lowest BCUT2D eigenvalue weighted by molar-refractivity contribution is -0.164. The molecule has 1 aromatic carbocycles. The van der Waals surface area contributed by atoms with Gasteiger partial charge in [-0.2, -0.15) is 0 Å². The summed E-state index contributed by atoms with van der Waals surface area (Å²) in [6, 6.07) is 7.56. The molecule has 29 heavy (non-hydrogen) atoms. The second-order valence-corrected chi connectivity index (χ2v) is 7.78. The smallest absolute Gasteiger partial charge is 0.334 e. The molecule has 4 atom stereocenters. The quantitative estimate of drug-likeness (QED) is 0.482. The molecule has 1 aliphatic carbocycles. The van der Waals surface area contributed by atoms with Crippen molar-refractivity contribution >= 4 is 11.8 Å². The normalized spacial score (nSPS) is 24.7. The summed E-state index contributed by atoms with van der Waals surface area (Å²) in [5.74, 6) is 0.248. The molecule has 0 saturated heterocycles. The molecule has 0 radical (unpaired) electrons. The van der Waals surface area contributed by atoms with Gasteiger partial charge >= 0.3 is 5.97 Å². The number of esters is 1.